The number of carbonyl (C=O) groups is 1. The van der Waals surface area contributed by atoms with Crippen LogP contribution in [0.2, 0.25) is 0 Å². The van der Waals surface area contributed by atoms with Crippen LogP contribution in [-0.4, -0.2) is 38.2 Å². The molecule has 27 heavy (non-hydrogen) atoms. The largest absolute Gasteiger partial charge is 0.507 e. The minimum atomic E-state index is -0.154. The number of aromatic nitrogens is 3. The van der Waals surface area contributed by atoms with Gasteiger partial charge in [0, 0.05) is 10.0 Å². The van der Waals surface area contributed by atoms with Crippen LogP contribution < -0.4 is 10.7 Å². The van der Waals surface area contributed by atoms with Gasteiger partial charge < -0.3 is 14.8 Å². The van der Waals surface area contributed by atoms with Crippen molar-refractivity contribution < 1.29 is 14.3 Å². The van der Waals surface area contributed by atoms with Gasteiger partial charge in [0.2, 0.25) is 17.0 Å². The van der Waals surface area contributed by atoms with E-state index >= 15 is 0 Å². The topological polar surface area (TPSA) is 128 Å². The minimum absolute atomic E-state index is 0.109. The molecule has 3 rings (SSSR count). The summed E-state index contributed by atoms with van der Waals surface area (Å²) in [5.74, 6) is 1.14. The monoisotopic (exact) mass is 450 g/mol. The first-order valence-corrected chi connectivity index (χ1v) is 9.50. The Morgan fingerprint density at radius 3 is 3.15 bits per heavy atom. The predicted molar refractivity (Wildman–Crippen MR) is 105 cm³/mol. The quantitative estimate of drug-likeness (QED) is 0.236. The fraction of sp³-hybridized carbons (Fsp3) is 0.125. The zero-order valence-electron chi connectivity index (χ0n) is 13.8. The number of phenols is 1. The number of aromatic amines is 1. The molecular formula is C16H15BrN6O3S. The van der Waals surface area contributed by atoms with E-state index in [0.717, 1.165) is 4.47 Å². The van der Waals surface area contributed by atoms with E-state index in [0.29, 0.717) is 29.0 Å². The standard InChI is InChI=1S/C16H15BrN6O3S/c17-11-3-4-13(24)10(6-11)7-19-21-15-20-16(23-22-15)27-9-14(25)18-8-12-2-1-5-26-12/h1-7,24H,8-9H2,(H,18,25)(H2,20,21,22,23)/b19-7+. The second-order valence-electron chi connectivity index (χ2n) is 5.18. The van der Waals surface area contributed by atoms with E-state index in [-0.39, 0.29) is 17.4 Å². The molecule has 0 aliphatic carbocycles. The number of anilines is 1. The number of H-pyrrole nitrogens is 1. The van der Waals surface area contributed by atoms with E-state index in [4.69, 9.17) is 4.42 Å². The number of hydrogen-bond donors (Lipinski definition) is 4. The van der Waals surface area contributed by atoms with Gasteiger partial charge in [-0.25, -0.2) is 10.5 Å². The Labute approximate surface area is 166 Å². The number of halogens is 1. The number of furan rings is 1. The molecule has 0 spiro atoms. The molecule has 9 nitrogen and oxygen atoms in total. The summed E-state index contributed by atoms with van der Waals surface area (Å²) < 4.78 is 5.97. The molecule has 0 radical (unpaired) electrons. The van der Waals surface area contributed by atoms with Gasteiger partial charge in [0.15, 0.2) is 0 Å². The fourth-order valence-electron chi connectivity index (χ4n) is 1.93. The van der Waals surface area contributed by atoms with Gasteiger partial charge in [-0.3, -0.25) is 4.79 Å². The van der Waals surface area contributed by atoms with Crippen LogP contribution in [0.5, 0.6) is 5.75 Å². The van der Waals surface area contributed by atoms with Gasteiger partial charge in [-0.1, -0.05) is 27.7 Å². The van der Waals surface area contributed by atoms with Crippen LogP contribution in [0.4, 0.5) is 5.95 Å². The van der Waals surface area contributed by atoms with E-state index < -0.39 is 0 Å². The van der Waals surface area contributed by atoms with Crippen molar-refractivity contribution in [1.82, 2.24) is 20.5 Å². The summed E-state index contributed by atoms with van der Waals surface area (Å²) in [6.45, 7) is 0.338. The molecule has 3 aromatic rings. The Morgan fingerprint density at radius 2 is 2.33 bits per heavy atom. The zero-order chi connectivity index (χ0) is 19.1. The highest BCUT2D eigenvalue weighted by molar-refractivity contribution is 9.10. The number of hydrogen-bond acceptors (Lipinski definition) is 8. The first-order valence-electron chi connectivity index (χ1n) is 7.72. The maximum absolute atomic E-state index is 11.8. The second-order valence-corrected chi connectivity index (χ2v) is 7.04. The number of nitrogens with zero attached hydrogens (tertiary/aromatic N) is 3. The summed E-state index contributed by atoms with van der Waals surface area (Å²) in [4.78, 5) is 16.0. The molecule has 2 heterocycles. The number of aromatic hydroxyl groups is 1. The molecular weight excluding hydrogens is 436 g/mol. The van der Waals surface area contributed by atoms with Crippen LogP contribution in [0.1, 0.15) is 11.3 Å². The highest BCUT2D eigenvalue weighted by Gasteiger charge is 2.08. The molecule has 2 aromatic heterocycles. The SMILES string of the molecule is O=C(CSc1n[nH]c(N/N=C/c2cc(Br)ccc2O)n1)NCc1ccco1. The number of carbonyl (C=O) groups excluding carboxylic acids is 1. The second kappa shape index (κ2) is 9.24. The third-order valence-corrected chi connectivity index (χ3v) is 4.54. The molecule has 0 fully saturated rings. The van der Waals surface area contributed by atoms with Crippen LogP contribution in [0.15, 0.2) is 55.7 Å². The number of amides is 1. The first kappa shape index (κ1) is 19.0. The van der Waals surface area contributed by atoms with Crippen LogP contribution in [0.3, 0.4) is 0 Å². The minimum Gasteiger partial charge on any atom is -0.507 e. The number of thioether (sulfide) groups is 1. The first-order chi connectivity index (χ1) is 13.1. The summed E-state index contributed by atoms with van der Waals surface area (Å²) in [6.07, 6.45) is 3.01. The number of hydrazone groups is 1. The summed E-state index contributed by atoms with van der Waals surface area (Å²) in [5.41, 5.74) is 3.22. The summed E-state index contributed by atoms with van der Waals surface area (Å²) in [6, 6.07) is 8.56. The molecule has 0 atom stereocenters. The van der Waals surface area contributed by atoms with Gasteiger partial charge in [-0.2, -0.15) is 10.1 Å². The lowest BCUT2D eigenvalue weighted by Crippen LogP contribution is -2.24. The van der Waals surface area contributed by atoms with Gasteiger partial charge in [0.25, 0.3) is 0 Å². The van der Waals surface area contributed by atoms with Crippen molar-refractivity contribution >= 4 is 45.8 Å². The molecule has 11 heteroatoms. The average Bonchev–Trinajstić information content (AvgIpc) is 3.33. The normalized spacial score (nSPS) is 11.0. The lowest BCUT2D eigenvalue weighted by molar-refractivity contribution is -0.118. The summed E-state index contributed by atoms with van der Waals surface area (Å²) in [7, 11) is 0. The Hall–Kier alpha value is -2.79. The van der Waals surface area contributed by atoms with E-state index in [9.17, 15) is 9.90 Å². The molecule has 0 saturated heterocycles. The van der Waals surface area contributed by atoms with Crippen molar-refractivity contribution in [2.24, 2.45) is 5.10 Å². The van der Waals surface area contributed by atoms with Crippen molar-refractivity contribution in [2.75, 3.05) is 11.2 Å². The lowest BCUT2D eigenvalue weighted by Gasteiger charge is -2.01. The maximum atomic E-state index is 11.8. The van der Waals surface area contributed by atoms with Crippen molar-refractivity contribution in [3.63, 3.8) is 0 Å². The van der Waals surface area contributed by atoms with Gasteiger partial charge in [0.05, 0.1) is 24.8 Å². The highest BCUT2D eigenvalue weighted by atomic mass is 79.9. The predicted octanol–water partition coefficient (Wildman–Crippen LogP) is 2.72. The van der Waals surface area contributed by atoms with Crippen LogP contribution in [0.25, 0.3) is 0 Å². The lowest BCUT2D eigenvalue weighted by atomic mass is 10.2. The molecule has 0 bridgehead atoms. The van der Waals surface area contributed by atoms with E-state index in [2.05, 4.69) is 47.0 Å². The average molecular weight is 451 g/mol. The third kappa shape index (κ3) is 5.86. The van der Waals surface area contributed by atoms with Crippen LogP contribution in [-0.2, 0) is 11.3 Å². The van der Waals surface area contributed by atoms with Crippen molar-refractivity contribution in [3.8, 4) is 5.75 Å². The Balaban J connectivity index is 1.44. The third-order valence-electron chi connectivity index (χ3n) is 3.20. The molecule has 1 aromatic carbocycles. The van der Waals surface area contributed by atoms with Gasteiger partial charge >= 0.3 is 0 Å². The van der Waals surface area contributed by atoms with Gasteiger partial charge in [0.1, 0.15) is 11.5 Å². The van der Waals surface area contributed by atoms with Crippen molar-refractivity contribution in [3.05, 3.63) is 52.4 Å². The maximum Gasteiger partial charge on any atom is 0.240 e. The van der Waals surface area contributed by atoms with Gasteiger partial charge in [-0.15, -0.1) is 5.10 Å². The van der Waals surface area contributed by atoms with E-state index in [1.165, 1.54) is 18.0 Å². The Kier molecular flexibility index (Phi) is 6.49. The summed E-state index contributed by atoms with van der Waals surface area (Å²) >= 11 is 4.51. The Bertz CT molecular complexity index is 928. The molecule has 0 aliphatic rings. The van der Waals surface area contributed by atoms with Crippen molar-refractivity contribution in [1.29, 1.82) is 0 Å². The molecule has 140 valence electrons. The molecule has 0 aliphatic heterocycles. The van der Waals surface area contributed by atoms with Crippen LogP contribution in [0, 0.1) is 0 Å². The number of phenolic OH excluding ortho intramolecular Hbond substituents is 1. The zero-order valence-corrected chi connectivity index (χ0v) is 16.2. The van der Waals surface area contributed by atoms with Gasteiger partial charge in [-0.05, 0) is 30.3 Å². The Morgan fingerprint density at radius 1 is 1.44 bits per heavy atom. The van der Waals surface area contributed by atoms with Crippen molar-refractivity contribution in [2.45, 2.75) is 11.7 Å². The van der Waals surface area contributed by atoms with Crippen LogP contribution >= 0.6 is 27.7 Å². The number of nitrogens with one attached hydrogen (secondary N) is 3. The van der Waals surface area contributed by atoms with E-state index in [1.807, 2.05) is 0 Å². The molecule has 0 saturated carbocycles. The highest BCUT2D eigenvalue weighted by Crippen LogP contribution is 2.20. The molecule has 4 N–H and O–H groups in total. The fourth-order valence-corrected chi connectivity index (χ4v) is 2.94. The molecule has 1 amide bonds. The summed E-state index contributed by atoms with van der Waals surface area (Å²) in [5, 5.41) is 23.5. The molecule has 0 unspecified atom stereocenters. The number of rotatable bonds is 8. The smallest absolute Gasteiger partial charge is 0.240 e. The number of benzene rings is 1. The van der Waals surface area contributed by atoms with E-state index in [1.54, 1.807) is 36.6 Å².